The van der Waals surface area contributed by atoms with Crippen molar-refractivity contribution >= 4 is 28.4 Å². The molecule has 1 N–H and O–H groups in total. The molecule has 0 unspecified atom stereocenters. The van der Waals surface area contributed by atoms with Gasteiger partial charge in [-0.25, -0.2) is 4.98 Å². The number of aromatic amines is 1. The van der Waals surface area contributed by atoms with Crippen LogP contribution in [0.2, 0.25) is 0 Å². The van der Waals surface area contributed by atoms with Gasteiger partial charge in [-0.15, -0.1) is 0 Å². The van der Waals surface area contributed by atoms with Gasteiger partial charge >= 0.3 is 0 Å². The third kappa shape index (κ3) is 3.27. The molecule has 28 heavy (non-hydrogen) atoms. The normalized spacial score (nSPS) is 11.5. The van der Waals surface area contributed by atoms with E-state index in [4.69, 9.17) is 4.42 Å². The number of allylic oxidation sites excluding steroid dienone is 1. The molecule has 0 bridgehead atoms. The summed E-state index contributed by atoms with van der Waals surface area (Å²) in [7, 11) is 0. The lowest BCUT2D eigenvalue weighted by Gasteiger charge is -1.97. The summed E-state index contributed by atoms with van der Waals surface area (Å²) in [5.41, 5.74) is 3.63. The molecule has 7 heteroatoms. The second-order valence-corrected chi connectivity index (χ2v) is 6.29. The fourth-order valence-corrected chi connectivity index (χ4v) is 2.91. The highest BCUT2D eigenvalue weighted by Gasteiger charge is 2.12. The number of imidazole rings is 1. The van der Waals surface area contributed by atoms with Gasteiger partial charge in [-0.2, -0.15) is 5.26 Å². The topological polar surface area (TPSA) is 109 Å². The average molecular weight is 370 g/mol. The Balaban J connectivity index is 1.68. The number of nitro groups is 1. The Labute approximate surface area is 159 Å². The molecule has 2 aromatic heterocycles. The third-order valence-corrected chi connectivity index (χ3v) is 4.27. The summed E-state index contributed by atoms with van der Waals surface area (Å²) >= 11 is 0. The molecule has 136 valence electrons. The maximum absolute atomic E-state index is 10.9. The molecule has 0 fully saturated rings. The quantitative estimate of drug-likeness (QED) is 0.305. The molecule has 0 aliphatic heterocycles. The van der Waals surface area contributed by atoms with Crippen molar-refractivity contribution in [3.63, 3.8) is 0 Å². The van der Waals surface area contributed by atoms with Crippen molar-refractivity contribution in [2.24, 2.45) is 0 Å². The number of furan rings is 1. The first-order valence-electron chi connectivity index (χ1n) is 8.47. The van der Waals surface area contributed by atoms with Crippen LogP contribution in [0.25, 0.3) is 34.0 Å². The molecule has 0 spiro atoms. The number of H-pyrrole nitrogens is 1. The zero-order valence-corrected chi connectivity index (χ0v) is 14.8. The number of fused-ring (bicyclic) bond motifs is 1. The van der Waals surface area contributed by atoms with E-state index >= 15 is 0 Å². The lowest BCUT2D eigenvalue weighted by molar-refractivity contribution is -0.384. The third-order valence-electron chi connectivity index (χ3n) is 4.27. The molecule has 0 aliphatic carbocycles. The van der Waals surface area contributed by atoms with Crippen LogP contribution in [-0.2, 0) is 0 Å². The van der Waals surface area contributed by atoms with Gasteiger partial charge in [0.1, 0.15) is 23.4 Å². The number of nitrogens with zero attached hydrogens (tertiary/aromatic N) is 3. The van der Waals surface area contributed by atoms with Crippen LogP contribution < -0.4 is 0 Å². The summed E-state index contributed by atoms with van der Waals surface area (Å²) in [6.45, 7) is 1.99. The van der Waals surface area contributed by atoms with Crippen molar-refractivity contribution in [3.8, 4) is 17.4 Å². The van der Waals surface area contributed by atoms with Gasteiger partial charge in [0.25, 0.3) is 5.69 Å². The maximum atomic E-state index is 10.9. The van der Waals surface area contributed by atoms with Crippen molar-refractivity contribution in [1.29, 1.82) is 5.26 Å². The first-order chi connectivity index (χ1) is 13.5. The fourth-order valence-electron chi connectivity index (χ4n) is 2.91. The highest BCUT2D eigenvalue weighted by molar-refractivity contribution is 5.89. The van der Waals surface area contributed by atoms with Crippen LogP contribution in [0.15, 0.2) is 59.0 Å². The van der Waals surface area contributed by atoms with Gasteiger partial charge in [-0.3, -0.25) is 10.1 Å². The highest BCUT2D eigenvalue weighted by atomic mass is 16.6. The molecule has 0 aliphatic rings. The van der Waals surface area contributed by atoms with Crippen LogP contribution in [-0.4, -0.2) is 14.9 Å². The van der Waals surface area contributed by atoms with E-state index in [1.165, 1.54) is 12.1 Å². The molecule has 0 saturated heterocycles. The first-order valence-corrected chi connectivity index (χ1v) is 8.47. The summed E-state index contributed by atoms with van der Waals surface area (Å²) < 4.78 is 5.76. The second kappa shape index (κ2) is 6.85. The lowest BCUT2D eigenvalue weighted by Crippen LogP contribution is -1.87. The number of rotatable bonds is 4. The first kappa shape index (κ1) is 17.2. The van der Waals surface area contributed by atoms with Crippen LogP contribution in [0, 0.1) is 28.4 Å². The average Bonchev–Trinajstić information content (AvgIpc) is 3.32. The van der Waals surface area contributed by atoms with E-state index in [0.717, 1.165) is 16.6 Å². The Morgan fingerprint density at radius 2 is 2.11 bits per heavy atom. The SMILES string of the molecule is Cc1ccc2nc(C(C#N)=Cc3ccc(-c4cccc([N+](=O)[O-])c4)o3)[nH]c2c1. The van der Waals surface area contributed by atoms with E-state index < -0.39 is 4.92 Å². The van der Waals surface area contributed by atoms with Crippen molar-refractivity contribution in [1.82, 2.24) is 9.97 Å². The van der Waals surface area contributed by atoms with E-state index in [9.17, 15) is 15.4 Å². The Morgan fingerprint density at radius 3 is 2.89 bits per heavy atom. The predicted molar refractivity (Wildman–Crippen MR) is 105 cm³/mol. The number of benzene rings is 2. The number of nitrogens with one attached hydrogen (secondary N) is 1. The molecule has 2 heterocycles. The Hall–Kier alpha value is -4.18. The number of hydrogen-bond acceptors (Lipinski definition) is 5. The summed E-state index contributed by atoms with van der Waals surface area (Å²) in [5, 5.41) is 20.5. The fraction of sp³-hybridized carbons (Fsp3) is 0.0476. The van der Waals surface area contributed by atoms with Crippen molar-refractivity contribution in [2.75, 3.05) is 0 Å². The minimum Gasteiger partial charge on any atom is -0.457 e. The molecule has 0 amide bonds. The number of aromatic nitrogens is 2. The molecule has 0 radical (unpaired) electrons. The molecular formula is C21H14N4O3. The van der Waals surface area contributed by atoms with E-state index in [2.05, 4.69) is 16.0 Å². The van der Waals surface area contributed by atoms with E-state index in [1.54, 1.807) is 30.3 Å². The van der Waals surface area contributed by atoms with Crippen LogP contribution in [0.4, 0.5) is 5.69 Å². The van der Waals surface area contributed by atoms with Crippen LogP contribution in [0.5, 0.6) is 0 Å². The zero-order chi connectivity index (χ0) is 19.7. The van der Waals surface area contributed by atoms with Crippen LogP contribution in [0.1, 0.15) is 17.1 Å². The number of hydrogen-bond donors (Lipinski definition) is 1. The van der Waals surface area contributed by atoms with Gasteiger partial charge in [-0.05, 0) is 36.8 Å². The molecule has 2 aromatic carbocycles. The van der Waals surface area contributed by atoms with E-state index in [1.807, 2.05) is 25.1 Å². The van der Waals surface area contributed by atoms with Crippen LogP contribution >= 0.6 is 0 Å². The second-order valence-electron chi connectivity index (χ2n) is 6.29. The van der Waals surface area contributed by atoms with Gasteiger partial charge in [0.05, 0.1) is 21.5 Å². The Kier molecular flexibility index (Phi) is 4.22. The molecule has 0 atom stereocenters. The highest BCUT2D eigenvalue weighted by Crippen LogP contribution is 2.27. The van der Waals surface area contributed by atoms with Gasteiger partial charge in [-0.1, -0.05) is 18.2 Å². The summed E-state index contributed by atoms with van der Waals surface area (Å²) in [6, 6.07) is 17.6. The maximum Gasteiger partial charge on any atom is 0.270 e. The van der Waals surface area contributed by atoms with Crippen molar-refractivity contribution < 1.29 is 9.34 Å². The minimum atomic E-state index is -0.454. The molecule has 0 saturated carbocycles. The summed E-state index contributed by atoms with van der Waals surface area (Å²) in [5.74, 6) is 1.39. The minimum absolute atomic E-state index is 0.0127. The lowest BCUT2D eigenvalue weighted by atomic mass is 10.1. The number of nitro benzene ring substituents is 1. The number of nitriles is 1. The standard InChI is InChI=1S/C21H14N4O3/c1-13-5-7-18-19(9-13)24-21(23-18)15(12-22)11-17-6-8-20(28-17)14-3-2-4-16(10-14)25(26)27/h2-11H,1H3,(H,23,24). The van der Waals surface area contributed by atoms with E-state index in [0.29, 0.717) is 28.5 Å². The molecule has 4 aromatic rings. The Morgan fingerprint density at radius 1 is 1.25 bits per heavy atom. The van der Waals surface area contributed by atoms with Gasteiger partial charge in [0.2, 0.25) is 0 Å². The summed E-state index contributed by atoms with van der Waals surface area (Å²) in [4.78, 5) is 18.1. The predicted octanol–water partition coefficient (Wildman–Crippen LogP) is 5.10. The number of non-ortho nitro benzene ring substituents is 1. The van der Waals surface area contributed by atoms with Gasteiger partial charge < -0.3 is 9.40 Å². The monoisotopic (exact) mass is 370 g/mol. The van der Waals surface area contributed by atoms with Crippen LogP contribution in [0.3, 0.4) is 0 Å². The molecule has 4 rings (SSSR count). The van der Waals surface area contributed by atoms with Gasteiger partial charge in [0, 0.05) is 23.8 Å². The van der Waals surface area contributed by atoms with Crippen molar-refractivity contribution in [3.05, 3.63) is 81.9 Å². The number of aryl methyl sites for hydroxylation is 1. The van der Waals surface area contributed by atoms with Crippen molar-refractivity contribution in [2.45, 2.75) is 6.92 Å². The summed E-state index contributed by atoms with van der Waals surface area (Å²) in [6.07, 6.45) is 1.59. The molecular weight excluding hydrogens is 356 g/mol. The smallest absolute Gasteiger partial charge is 0.270 e. The Bertz CT molecular complexity index is 1270. The van der Waals surface area contributed by atoms with E-state index in [-0.39, 0.29) is 5.69 Å². The molecule has 7 nitrogen and oxygen atoms in total. The zero-order valence-electron chi connectivity index (χ0n) is 14.8. The van der Waals surface area contributed by atoms with Gasteiger partial charge in [0.15, 0.2) is 0 Å². The largest absolute Gasteiger partial charge is 0.457 e.